The number of aromatic amines is 1. The largest absolute Gasteiger partial charge is 0.472 e. The molecule has 3 saturated heterocycles. The van der Waals surface area contributed by atoms with E-state index in [1.165, 1.54) is 19.0 Å². The van der Waals surface area contributed by atoms with Crippen LogP contribution in [0.2, 0.25) is 0 Å². The Morgan fingerprint density at radius 1 is 0.978 bits per heavy atom. The van der Waals surface area contributed by atoms with E-state index in [1.807, 2.05) is 0 Å². The summed E-state index contributed by atoms with van der Waals surface area (Å²) in [6, 6.07) is -0.553. The normalized spacial score (nSPS) is 42.0. The Balaban J connectivity index is 1.07. The molecular formula is C23H26N10O10P2S. The molecule has 2 aliphatic carbocycles. The molecule has 10 atom stereocenters. The van der Waals surface area contributed by atoms with E-state index in [1.54, 1.807) is 9.13 Å². The monoisotopic (exact) mass is 696 g/mol. The van der Waals surface area contributed by atoms with Gasteiger partial charge in [0.05, 0.1) is 44.6 Å². The summed E-state index contributed by atoms with van der Waals surface area (Å²) in [5.41, 5.74) is 10.0. The lowest BCUT2D eigenvalue weighted by atomic mass is 10.0. The van der Waals surface area contributed by atoms with Crippen LogP contribution >= 0.6 is 14.5 Å². The van der Waals surface area contributed by atoms with E-state index in [-0.39, 0.29) is 42.1 Å². The van der Waals surface area contributed by atoms with Crippen LogP contribution in [0, 0.1) is 11.3 Å². The fraction of sp³-hybridized carbons (Fsp3) is 0.565. The van der Waals surface area contributed by atoms with Crippen LogP contribution in [0.25, 0.3) is 22.3 Å². The number of anilines is 2. The van der Waals surface area contributed by atoms with Gasteiger partial charge in [0.25, 0.3) is 5.56 Å². The lowest BCUT2D eigenvalue weighted by Crippen LogP contribution is -2.45. The van der Waals surface area contributed by atoms with Gasteiger partial charge in [-0.05, 0) is 30.6 Å². The zero-order valence-corrected chi connectivity index (χ0v) is 26.1. The summed E-state index contributed by atoms with van der Waals surface area (Å²) < 4.78 is 52.6. The predicted octanol–water partition coefficient (Wildman–Crippen LogP) is -0.124. The average Bonchev–Trinajstić information content (AvgIpc) is 3.48. The van der Waals surface area contributed by atoms with Crippen molar-refractivity contribution < 1.29 is 41.9 Å². The summed E-state index contributed by atoms with van der Waals surface area (Å²) in [4.78, 5) is 58.2. The van der Waals surface area contributed by atoms with Crippen LogP contribution in [0.5, 0.6) is 0 Å². The Kier molecular flexibility index (Phi) is 6.08. The summed E-state index contributed by atoms with van der Waals surface area (Å²) in [6.45, 7) is -4.72. The van der Waals surface area contributed by atoms with Gasteiger partial charge in [-0.15, -0.1) is 0 Å². The van der Waals surface area contributed by atoms with Crippen LogP contribution in [0.4, 0.5) is 11.8 Å². The van der Waals surface area contributed by atoms with Crippen LogP contribution in [-0.2, 0) is 43.9 Å². The summed E-state index contributed by atoms with van der Waals surface area (Å²) in [5.74, 6) is -0.190. The minimum atomic E-state index is -4.73. The summed E-state index contributed by atoms with van der Waals surface area (Å²) in [5, 5.41) is 0. The number of ether oxygens (including phenoxy) is 2. The lowest BCUT2D eigenvalue weighted by Gasteiger charge is -2.34. The first-order valence-corrected chi connectivity index (χ1v) is 18.2. The van der Waals surface area contributed by atoms with Crippen molar-refractivity contribution in [1.29, 1.82) is 0 Å². The van der Waals surface area contributed by atoms with Crippen molar-refractivity contribution in [3.63, 3.8) is 0 Å². The van der Waals surface area contributed by atoms with E-state index in [2.05, 4.69) is 29.9 Å². The van der Waals surface area contributed by atoms with Gasteiger partial charge in [-0.2, -0.15) is 4.98 Å². The van der Waals surface area contributed by atoms with Gasteiger partial charge in [0.2, 0.25) is 5.95 Å². The van der Waals surface area contributed by atoms with Crippen LogP contribution in [0.15, 0.2) is 23.8 Å². The Morgan fingerprint density at radius 3 is 2.63 bits per heavy atom. The van der Waals surface area contributed by atoms with E-state index in [0.717, 1.165) is 0 Å². The van der Waals surface area contributed by atoms with Crippen molar-refractivity contribution >= 4 is 60.4 Å². The maximum absolute atomic E-state index is 13.5. The molecule has 0 amide bonds. The van der Waals surface area contributed by atoms with Gasteiger partial charge in [0.1, 0.15) is 29.7 Å². The van der Waals surface area contributed by atoms with Crippen LogP contribution in [-0.4, -0.2) is 92.6 Å². The average molecular weight is 697 g/mol. The van der Waals surface area contributed by atoms with Crippen LogP contribution < -0.4 is 17.0 Å². The van der Waals surface area contributed by atoms with Crippen molar-refractivity contribution in [2.24, 2.45) is 11.3 Å². The SMILES string of the molecule is Nc1nc2c(ncn2[C@@H]2C[C@]34COP(=O)(O)O[C@H]5[C@H]6OC[C@]5(COP(O)(=S)O[C@@H]2[C@@H]3C4)O[C@H]6n2cnc3c(N)ncnc32)c(=O)[nH]1. The van der Waals surface area contributed by atoms with Crippen molar-refractivity contribution in [3.8, 4) is 0 Å². The Bertz CT molecular complexity index is 2090. The third kappa shape index (κ3) is 4.28. The molecule has 244 valence electrons. The van der Waals surface area contributed by atoms with Gasteiger partial charge in [-0.25, -0.2) is 24.5 Å². The quantitative estimate of drug-likeness (QED) is 0.171. The lowest BCUT2D eigenvalue weighted by molar-refractivity contribution is -0.183. The highest BCUT2D eigenvalue weighted by molar-refractivity contribution is 8.07. The molecule has 0 spiro atoms. The molecule has 4 aromatic heterocycles. The summed E-state index contributed by atoms with van der Waals surface area (Å²) in [6.07, 6.45) is 1.22. The Hall–Kier alpha value is -2.94. The van der Waals surface area contributed by atoms with Gasteiger partial charge in [-0.1, -0.05) is 0 Å². The van der Waals surface area contributed by atoms with Gasteiger partial charge in [-0.3, -0.25) is 23.4 Å². The number of nitrogen functional groups attached to an aromatic ring is 2. The molecule has 0 radical (unpaired) electrons. The standard InChI is InChI=1S/C23H26N10O10P2S/c24-16-11-17(27-6-26-16)33(8-28-11)20-14-15-23(41-20,4-38-14)5-40-45(37,46)42-13-9-1-22(9,3-39-44(35,36)43-15)2-10(13)32-7-29-12-18(32)30-21(25)31-19(12)34/h6-10,13-15,20H,1-5H2,(H,35,36)(H,37,46)(H2,24,26,27)(H3,25,30,31,34)/t9-,10+,13+,14+,15-,20+,22+,23+,45?/m0/s1. The number of hydrogen-bond acceptors (Lipinski definition) is 16. The fourth-order valence-corrected chi connectivity index (χ4v) is 9.96. The maximum Gasteiger partial charge on any atom is 0.472 e. The Labute approximate surface area is 262 Å². The summed E-state index contributed by atoms with van der Waals surface area (Å²) >= 11 is 5.50. The van der Waals surface area contributed by atoms with Gasteiger partial charge < -0.3 is 44.3 Å². The van der Waals surface area contributed by atoms with Gasteiger partial charge in [0.15, 0.2) is 28.9 Å². The topological polar surface area (TPSA) is 272 Å². The zero-order valence-electron chi connectivity index (χ0n) is 23.5. The first-order valence-electron chi connectivity index (χ1n) is 14.1. The molecule has 4 bridgehead atoms. The van der Waals surface area contributed by atoms with E-state index < -0.39 is 68.3 Å². The number of imidazole rings is 2. The molecule has 2 unspecified atom stereocenters. The maximum atomic E-state index is 13.5. The molecule has 9 rings (SSSR count). The number of phosphoric ester groups is 1. The predicted molar refractivity (Wildman–Crippen MR) is 157 cm³/mol. The molecule has 0 aromatic carbocycles. The zero-order chi connectivity index (χ0) is 31.8. The second kappa shape index (κ2) is 9.57. The highest BCUT2D eigenvalue weighted by Crippen LogP contribution is 2.71. The van der Waals surface area contributed by atoms with Crippen LogP contribution in [0.3, 0.4) is 0 Å². The minimum Gasteiger partial charge on any atom is -0.382 e. The van der Waals surface area contributed by atoms with E-state index in [4.69, 9.17) is 50.8 Å². The van der Waals surface area contributed by atoms with Crippen LogP contribution in [0.1, 0.15) is 25.1 Å². The van der Waals surface area contributed by atoms with Crippen molar-refractivity contribution in [1.82, 2.24) is 39.0 Å². The van der Waals surface area contributed by atoms with E-state index in [9.17, 15) is 19.1 Å². The third-order valence-electron chi connectivity index (χ3n) is 9.58. The van der Waals surface area contributed by atoms with E-state index >= 15 is 0 Å². The molecule has 4 aromatic rings. The van der Waals surface area contributed by atoms with Gasteiger partial charge >= 0.3 is 14.5 Å². The number of hydrogen-bond donors (Lipinski definition) is 5. The molecule has 2 saturated carbocycles. The molecule has 7 N–H and O–H groups in total. The van der Waals surface area contributed by atoms with Crippen molar-refractivity contribution in [2.75, 3.05) is 31.3 Å². The first kappa shape index (κ1) is 29.2. The molecule has 5 fully saturated rings. The number of rotatable bonds is 2. The number of nitrogens with zero attached hydrogens (tertiary/aromatic N) is 7. The molecule has 23 heteroatoms. The number of H-pyrrole nitrogens is 1. The third-order valence-corrected chi connectivity index (χ3v) is 12.1. The molecule has 20 nitrogen and oxygen atoms in total. The Morgan fingerprint density at radius 2 is 1.78 bits per heavy atom. The van der Waals surface area contributed by atoms with E-state index in [0.29, 0.717) is 24.0 Å². The first-order chi connectivity index (χ1) is 21.9. The number of nitrogens with one attached hydrogen (secondary N) is 1. The fourth-order valence-electron chi connectivity index (χ4n) is 7.38. The number of phosphoric acid groups is 1. The van der Waals surface area contributed by atoms with Gasteiger partial charge in [0, 0.05) is 5.41 Å². The molecular weight excluding hydrogens is 670 g/mol. The molecule has 46 heavy (non-hydrogen) atoms. The highest BCUT2D eigenvalue weighted by Gasteiger charge is 2.69. The minimum absolute atomic E-state index is 0.0647. The number of nitrogens with two attached hydrogens (primary N) is 2. The number of fused-ring (bicyclic) bond motifs is 2. The summed E-state index contributed by atoms with van der Waals surface area (Å²) in [7, 11) is -4.73. The molecule has 3 aliphatic heterocycles. The molecule has 5 aliphatic rings. The van der Waals surface area contributed by atoms with Crippen molar-refractivity contribution in [2.45, 2.75) is 49.0 Å². The number of aromatic nitrogens is 8. The van der Waals surface area contributed by atoms with Crippen molar-refractivity contribution in [3.05, 3.63) is 29.3 Å². The second-order valence-electron chi connectivity index (χ2n) is 12.2. The smallest absolute Gasteiger partial charge is 0.382 e. The highest BCUT2D eigenvalue weighted by atomic mass is 32.5. The second-order valence-corrected chi connectivity index (χ2v) is 16.4. The molecule has 7 heterocycles.